The van der Waals surface area contributed by atoms with Crippen LogP contribution in [0.3, 0.4) is 0 Å². The molecule has 110 valence electrons. The quantitative estimate of drug-likeness (QED) is 0.641. The smallest absolute Gasteiger partial charge is 0.166 e. The molecule has 5 heteroatoms. The van der Waals surface area contributed by atoms with Crippen molar-refractivity contribution >= 4 is 17.3 Å². The van der Waals surface area contributed by atoms with E-state index >= 15 is 0 Å². The second kappa shape index (κ2) is 7.41. The van der Waals surface area contributed by atoms with E-state index in [1.165, 1.54) is 32.1 Å². The van der Waals surface area contributed by atoms with Crippen molar-refractivity contribution in [2.24, 2.45) is 0 Å². The van der Waals surface area contributed by atoms with Gasteiger partial charge < -0.3 is 20.3 Å². The molecule has 0 aromatic rings. The van der Waals surface area contributed by atoms with Gasteiger partial charge in [0.1, 0.15) is 18.6 Å². The van der Waals surface area contributed by atoms with Crippen molar-refractivity contribution in [2.45, 2.75) is 44.6 Å². The molecule has 0 atom stereocenters. The Labute approximate surface area is 122 Å². The first-order valence-corrected chi connectivity index (χ1v) is 8.12. The molecule has 0 spiro atoms. The van der Waals surface area contributed by atoms with Gasteiger partial charge in [-0.15, -0.1) is 0 Å². The Balaban J connectivity index is 1.95. The molecule has 0 amide bonds. The highest BCUT2D eigenvalue weighted by atomic mass is 32.1. The van der Waals surface area contributed by atoms with Crippen LogP contribution in [-0.2, 0) is 4.74 Å². The number of morpholine rings is 1. The van der Waals surface area contributed by atoms with Gasteiger partial charge in [0.05, 0.1) is 19.8 Å². The molecule has 1 aliphatic carbocycles. The van der Waals surface area contributed by atoms with Crippen molar-refractivity contribution in [1.29, 1.82) is 0 Å². The lowest BCUT2D eigenvalue weighted by atomic mass is 9.80. The summed E-state index contributed by atoms with van der Waals surface area (Å²) in [5.41, 5.74) is 0.376. The third kappa shape index (κ3) is 4.04. The Kier molecular flexibility index (Phi) is 5.85. The van der Waals surface area contributed by atoms with E-state index in [-0.39, 0.29) is 0 Å². The van der Waals surface area contributed by atoms with Crippen LogP contribution < -0.4 is 15.5 Å². The number of hydrogen-bond donors (Lipinski definition) is 3. The van der Waals surface area contributed by atoms with Gasteiger partial charge in [-0.1, -0.05) is 6.42 Å². The van der Waals surface area contributed by atoms with Gasteiger partial charge >= 0.3 is 0 Å². The minimum Gasteiger partial charge on any atom is -0.370 e. The predicted octanol–water partition coefficient (Wildman–Crippen LogP) is 0.0884. The van der Waals surface area contributed by atoms with Crippen LogP contribution in [0.25, 0.3) is 0 Å². The van der Waals surface area contributed by atoms with Crippen molar-refractivity contribution in [1.82, 2.24) is 10.6 Å². The molecular weight excluding hydrogens is 258 g/mol. The number of quaternary nitrogens is 1. The van der Waals surface area contributed by atoms with E-state index in [9.17, 15) is 0 Å². The molecule has 2 aliphatic rings. The van der Waals surface area contributed by atoms with E-state index in [2.05, 4.69) is 17.6 Å². The zero-order valence-electron chi connectivity index (χ0n) is 12.1. The first-order valence-electron chi connectivity index (χ1n) is 7.71. The van der Waals surface area contributed by atoms with Gasteiger partial charge in [0, 0.05) is 19.4 Å². The standard InChI is InChI=1S/C14H27N3OS/c1-2-15-13(19)16-12-14(6-4-3-5-7-14)17-8-10-18-11-9-17/h2-12H2,1H3,(H2,15,16,19)/p+1. The van der Waals surface area contributed by atoms with Crippen LogP contribution in [0.1, 0.15) is 39.0 Å². The Bertz CT molecular complexity index is 286. The van der Waals surface area contributed by atoms with Gasteiger partial charge in [0.15, 0.2) is 5.11 Å². The zero-order chi connectivity index (χ0) is 13.6. The summed E-state index contributed by atoms with van der Waals surface area (Å²) >= 11 is 5.32. The maximum atomic E-state index is 5.52. The molecule has 2 rings (SSSR count). The molecule has 4 nitrogen and oxygen atoms in total. The van der Waals surface area contributed by atoms with Gasteiger partial charge in [0.25, 0.3) is 0 Å². The lowest BCUT2D eigenvalue weighted by Crippen LogP contribution is -3.23. The maximum Gasteiger partial charge on any atom is 0.166 e. The Hall–Kier alpha value is -0.390. The Morgan fingerprint density at radius 2 is 1.84 bits per heavy atom. The second-order valence-corrected chi connectivity index (χ2v) is 6.18. The van der Waals surface area contributed by atoms with Crippen LogP contribution in [0.2, 0.25) is 0 Å². The summed E-state index contributed by atoms with van der Waals surface area (Å²) in [4.78, 5) is 1.73. The predicted molar refractivity (Wildman–Crippen MR) is 81.6 cm³/mol. The number of nitrogens with one attached hydrogen (secondary N) is 3. The molecule has 1 saturated carbocycles. The molecule has 0 aromatic heterocycles. The Morgan fingerprint density at radius 1 is 1.16 bits per heavy atom. The summed E-state index contributed by atoms with van der Waals surface area (Å²) in [6.07, 6.45) is 6.76. The van der Waals surface area contributed by atoms with Gasteiger partial charge in [0.2, 0.25) is 0 Å². The van der Waals surface area contributed by atoms with Crippen LogP contribution in [0, 0.1) is 0 Å². The fraction of sp³-hybridized carbons (Fsp3) is 0.929. The first kappa shape index (κ1) is 15.0. The lowest BCUT2D eigenvalue weighted by Gasteiger charge is -2.45. The van der Waals surface area contributed by atoms with E-state index < -0.39 is 0 Å². The molecule has 1 aliphatic heterocycles. The van der Waals surface area contributed by atoms with Crippen LogP contribution in [-0.4, -0.2) is 50.0 Å². The summed E-state index contributed by atoms with van der Waals surface area (Å²) < 4.78 is 5.52. The minimum atomic E-state index is 0.376. The summed E-state index contributed by atoms with van der Waals surface area (Å²) in [7, 11) is 0. The van der Waals surface area contributed by atoms with Gasteiger partial charge in [-0.2, -0.15) is 0 Å². The maximum absolute atomic E-state index is 5.52. The van der Waals surface area contributed by atoms with Crippen LogP contribution in [0.5, 0.6) is 0 Å². The molecule has 0 aromatic carbocycles. The molecule has 2 fully saturated rings. The highest BCUT2D eigenvalue weighted by molar-refractivity contribution is 7.80. The molecular formula is C14H28N3OS+. The van der Waals surface area contributed by atoms with Crippen molar-refractivity contribution in [2.75, 3.05) is 39.4 Å². The molecule has 0 radical (unpaired) electrons. The van der Waals surface area contributed by atoms with Gasteiger partial charge in [-0.25, -0.2) is 0 Å². The number of thiocarbonyl (C=S) groups is 1. The average molecular weight is 286 g/mol. The normalized spacial score (nSPS) is 23.8. The SMILES string of the molecule is CCNC(=S)NCC1([NH+]2CCOCC2)CCCCC1. The minimum absolute atomic E-state index is 0.376. The monoisotopic (exact) mass is 286 g/mol. The van der Waals surface area contributed by atoms with Crippen LogP contribution in [0.4, 0.5) is 0 Å². The highest BCUT2D eigenvalue weighted by Gasteiger charge is 2.42. The lowest BCUT2D eigenvalue weighted by molar-refractivity contribution is -0.960. The second-order valence-electron chi connectivity index (χ2n) is 5.77. The highest BCUT2D eigenvalue weighted by Crippen LogP contribution is 2.25. The summed E-state index contributed by atoms with van der Waals surface area (Å²) in [6.45, 7) is 8.10. The molecule has 3 N–H and O–H groups in total. The molecule has 19 heavy (non-hydrogen) atoms. The summed E-state index contributed by atoms with van der Waals surface area (Å²) in [6, 6.07) is 0. The van der Waals surface area contributed by atoms with E-state index in [1.807, 2.05) is 0 Å². The number of rotatable bonds is 4. The topological polar surface area (TPSA) is 37.7 Å². The van der Waals surface area contributed by atoms with Crippen LogP contribution in [0.15, 0.2) is 0 Å². The van der Waals surface area contributed by atoms with Gasteiger partial charge in [-0.3, -0.25) is 0 Å². The fourth-order valence-electron chi connectivity index (χ4n) is 3.50. The fourth-order valence-corrected chi connectivity index (χ4v) is 3.72. The summed E-state index contributed by atoms with van der Waals surface area (Å²) in [5, 5.41) is 7.45. The van der Waals surface area contributed by atoms with Crippen molar-refractivity contribution in [3.8, 4) is 0 Å². The van der Waals surface area contributed by atoms with Crippen molar-refractivity contribution in [3.05, 3.63) is 0 Å². The number of hydrogen-bond acceptors (Lipinski definition) is 2. The van der Waals surface area contributed by atoms with E-state index in [1.54, 1.807) is 4.90 Å². The molecule has 1 heterocycles. The van der Waals surface area contributed by atoms with E-state index in [0.29, 0.717) is 5.54 Å². The molecule has 0 unspecified atom stereocenters. The number of ether oxygens (including phenoxy) is 1. The van der Waals surface area contributed by atoms with E-state index in [4.69, 9.17) is 17.0 Å². The van der Waals surface area contributed by atoms with Crippen LogP contribution >= 0.6 is 12.2 Å². The molecule has 0 bridgehead atoms. The molecule has 1 saturated heterocycles. The zero-order valence-corrected chi connectivity index (χ0v) is 12.9. The summed E-state index contributed by atoms with van der Waals surface area (Å²) in [5.74, 6) is 0. The van der Waals surface area contributed by atoms with Crippen molar-refractivity contribution < 1.29 is 9.64 Å². The first-order chi connectivity index (χ1) is 9.27. The van der Waals surface area contributed by atoms with Gasteiger partial charge in [-0.05, 0) is 32.0 Å². The average Bonchev–Trinajstić information content (AvgIpc) is 2.47. The van der Waals surface area contributed by atoms with Crippen molar-refractivity contribution in [3.63, 3.8) is 0 Å². The third-order valence-electron chi connectivity index (χ3n) is 4.58. The van der Waals surface area contributed by atoms with E-state index in [0.717, 1.165) is 44.5 Å². The third-order valence-corrected chi connectivity index (χ3v) is 4.87. The Morgan fingerprint density at radius 3 is 2.47 bits per heavy atom. The largest absolute Gasteiger partial charge is 0.370 e.